The smallest absolute Gasteiger partial charge is 0.111 e. The Kier molecular flexibility index (Phi) is 3.05. The van der Waals surface area contributed by atoms with Gasteiger partial charge in [0, 0.05) is 32.1 Å². The minimum atomic E-state index is -0.284. The molecular formula is C11H18N2O. The topological polar surface area (TPSA) is 45.0 Å². The van der Waals surface area contributed by atoms with Crippen molar-refractivity contribution < 1.29 is 4.74 Å². The van der Waals surface area contributed by atoms with Crippen molar-refractivity contribution in [2.45, 2.75) is 50.1 Å². The van der Waals surface area contributed by atoms with Gasteiger partial charge in [0.2, 0.25) is 0 Å². The highest BCUT2D eigenvalue weighted by Gasteiger charge is 2.35. The lowest BCUT2D eigenvalue weighted by molar-refractivity contribution is 0.0540. The highest BCUT2D eigenvalue weighted by molar-refractivity contribution is 5.09. The van der Waals surface area contributed by atoms with Gasteiger partial charge >= 0.3 is 0 Å². The van der Waals surface area contributed by atoms with Crippen molar-refractivity contribution in [2.75, 3.05) is 13.2 Å². The van der Waals surface area contributed by atoms with Crippen LogP contribution in [0.25, 0.3) is 0 Å². The van der Waals surface area contributed by atoms with Crippen LogP contribution >= 0.6 is 0 Å². The number of ether oxygens (including phenoxy) is 1. The third-order valence-corrected chi connectivity index (χ3v) is 3.40. The monoisotopic (exact) mass is 194 g/mol. The van der Waals surface area contributed by atoms with Crippen LogP contribution in [0.5, 0.6) is 0 Å². The maximum absolute atomic E-state index is 9.23. The predicted molar refractivity (Wildman–Crippen MR) is 53.8 cm³/mol. The predicted octanol–water partition coefficient (Wildman–Crippen LogP) is 1.59. The van der Waals surface area contributed by atoms with Crippen LogP contribution in [-0.4, -0.2) is 24.8 Å². The number of hydrogen-bond acceptors (Lipinski definition) is 3. The summed E-state index contributed by atoms with van der Waals surface area (Å²) in [6.45, 7) is 1.46. The molecular weight excluding hydrogens is 176 g/mol. The van der Waals surface area contributed by atoms with Gasteiger partial charge in [-0.1, -0.05) is 12.8 Å². The molecule has 0 unspecified atom stereocenters. The Morgan fingerprint density at radius 2 is 1.86 bits per heavy atom. The number of nitrogens with one attached hydrogen (secondary N) is 1. The normalized spacial score (nSPS) is 27.4. The third kappa shape index (κ3) is 2.08. The quantitative estimate of drug-likeness (QED) is 0.726. The summed E-state index contributed by atoms with van der Waals surface area (Å²) >= 11 is 0. The van der Waals surface area contributed by atoms with Gasteiger partial charge in [-0.15, -0.1) is 0 Å². The zero-order valence-electron chi connectivity index (χ0n) is 8.59. The van der Waals surface area contributed by atoms with E-state index < -0.39 is 0 Å². The molecule has 78 valence electrons. The fraction of sp³-hybridized carbons (Fsp3) is 0.909. The third-order valence-electron chi connectivity index (χ3n) is 3.40. The van der Waals surface area contributed by atoms with Gasteiger partial charge in [0.05, 0.1) is 6.07 Å². The molecule has 2 fully saturated rings. The summed E-state index contributed by atoms with van der Waals surface area (Å²) < 4.78 is 5.30. The summed E-state index contributed by atoms with van der Waals surface area (Å²) in [7, 11) is 0. The van der Waals surface area contributed by atoms with Crippen molar-refractivity contribution in [3.05, 3.63) is 0 Å². The average Bonchev–Trinajstić information content (AvgIpc) is 2.72. The molecule has 1 aliphatic carbocycles. The van der Waals surface area contributed by atoms with E-state index in [2.05, 4.69) is 11.4 Å². The molecule has 1 saturated carbocycles. The largest absolute Gasteiger partial charge is 0.381 e. The Labute approximate surface area is 85.4 Å². The van der Waals surface area contributed by atoms with E-state index in [0.29, 0.717) is 6.04 Å². The van der Waals surface area contributed by atoms with Crippen molar-refractivity contribution in [3.63, 3.8) is 0 Å². The van der Waals surface area contributed by atoms with Gasteiger partial charge in [-0.3, -0.25) is 5.32 Å². The van der Waals surface area contributed by atoms with Gasteiger partial charge < -0.3 is 4.74 Å². The molecule has 0 atom stereocenters. The van der Waals surface area contributed by atoms with E-state index in [9.17, 15) is 5.26 Å². The van der Waals surface area contributed by atoms with Gasteiger partial charge in [-0.05, 0) is 12.8 Å². The molecule has 0 aromatic rings. The van der Waals surface area contributed by atoms with Crippen LogP contribution in [0.2, 0.25) is 0 Å². The molecule has 14 heavy (non-hydrogen) atoms. The highest BCUT2D eigenvalue weighted by atomic mass is 16.5. The SMILES string of the molecule is N#CC1(NC2CCCC2)CCOCC1. The first-order valence-corrected chi connectivity index (χ1v) is 5.61. The molecule has 0 aromatic carbocycles. The number of nitrogens with zero attached hydrogens (tertiary/aromatic N) is 1. The van der Waals surface area contributed by atoms with Crippen molar-refractivity contribution in [2.24, 2.45) is 0 Å². The van der Waals surface area contributed by atoms with E-state index in [1.165, 1.54) is 25.7 Å². The molecule has 0 radical (unpaired) electrons. The molecule has 3 nitrogen and oxygen atoms in total. The van der Waals surface area contributed by atoms with E-state index in [1.807, 2.05) is 0 Å². The van der Waals surface area contributed by atoms with E-state index in [4.69, 9.17) is 4.74 Å². The van der Waals surface area contributed by atoms with Crippen molar-refractivity contribution in [1.82, 2.24) is 5.32 Å². The summed E-state index contributed by atoms with van der Waals surface area (Å²) in [5, 5.41) is 12.8. The zero-order valence-corrected chi connectivity index (χ0v) is 8.59. The summed E-state index contributed by atoms with van der Waals surface area (Å²) in [6, 6.07) is 3.03. The maximum Gasteiger partial charge on any atom is 0.111 e. The number of nitriles is 1. The molecule has 0 bridgehead atoms. The van der Waals surface area contributed by atoms with Crippen LogP contribution in [0, 0.1) is 11.3 Å². The highest BCUT2D eigenvalue weighted by Crippen LogP contribution is 2.25. The van der Waals surface area contributed by atoms with Gasteiger partial charge in [0.25, 0.3) is 0 Å². The first kappa shape index (κ1) is 9.95. The average molecular weight is 194 g/mol. The van der Waals surface area contributed by atoms with Gasteiger partial charge in [-0.2, -0.15) is 5.26 Å². The molecule has 1 saturated heterocycles. The second kappa shape index (κ2) is 4.29. The Hall–Kier alpha value is -0.590. The van der Waals surface area contributed by atoms with Crippen LogP contribution < -0.4 is 5.32 Å². The van der Waals surface area contributed by atoms with Gasteiger partial charge in [0.15, 0.2) is 0 Å². The molecule has 2 rings (SSSR count). The van der Waals surface area contributed by atoms with Crippen LogP contribution in [0.3, 0.4) is 0 Å². The zero-order chi connectivity index (χ0) is 9.86. The van der Waals surface area contributed by atoms with Crippen molar-refractivity contribution >= 4 is 0 Å². The standard InChI is InChI=1S/C11H18N2O/c12-9-11(5-7-14-8-6-11)13-10-3-1-2-4-10/h10,13H,1-8H2. The second-order valence-corrected chi connectivity index (χ2v) is 4.43. The lowest BCUT2D eigenvalue weighted by Gasteiger charge is -2.34. The molecule has 2 aliphatic rings. The first-order valence-electron chi connectivity index (χ1n) is 5.61. The molecule has 0 amide bonds. The van der Waals surface area contributed by atoms with Crippen molar-refractivity contribution in [1.29, 1.82) is 5.26 Å². The molecule has 0 spiro atoms. The molecule has 1 heterocycles. The van der Waals surface area contributed by atoms with Gasteiger partial charge in [-0.25, -0.2) is 0 Å². The van der Waals surface area contributed by atoms with Gasteiger partial charge in [0.1, 0.15) is 5.54 Å². The second-order valence-electron chi connectivity index (χ2n) is 4.43. The first-order chi connectivity index (χ1) is 6.85. The summed E-state index contributed by atoms with van der Waals surface area (Å²) in [5.74, 6) is 0. The van der Waals surface area contributed by atoms with Crippen LogP contribution in [0.4, 0.5) is 0 Å². The lowest BCUT2D eigenvalue weighted by atomic mass is 9.90. The summed E-state index contributed by atoms with van der Waals surface area (Å²) in [4.78, 5) is 0. The van der Waals surface area contributed by atoms with E-state index in [1.54, 1.807) is 0 Å². The molecule has 1 N–H and O–H groups in total. The summed E-state index contributed by atoms with van der Waals surface area (Å²) in [5.41, 5.74) is -0.284. The summed E-state index contributed by atoms with van der Waals surface area (Å²) in [6.07, 6.45) is 6.81. The Balaban J connectivity index is 1.93. The van der Waals surface area contributed by atoms with E-state index >= 15 is 0 Å². The Bertz CT molecular complexity index is 222. The minimum Gasteiger partial charge on any atom is -0.381 e. The Morgan fingerprint density at radius 1 is 1.21 bits per heavy atom. The number of hydrogen-bond donors (Lipinski definition) is 1. The maximum atomic E-state index is 9.23. The van der Waals surface area contributed by atoms with Crippen molar-refractivity contribution in [3.8, 4) is 6.07 Å². The molecule has 1 aliphatic heterocycles. The minimum absolute atomic E-state index is 0.284. The fourth-order valence-electron chi connectivity index (χ4n) is 2.47. The number of rotatable bonds is 2. The van der Waals surface area contributed by atoms with Crippen LogP contribution in [-0.2, 0) is 4.74 Å². The Morgan fingerprint density at radius 3 is 2.43 bits per heavy atom. The lowest BCUT2D eigenvalue weighted by Crippen LogP contribution is -2.51. The van der Waals surface area contributed by atoms with Crippen LogP contribution in [0.15, 0.2) is 0 Å². The molecule has 3 heteroatoms. The van der Waals surface area contributed by atoms with E-state index in [-0.39, 0.29) is 5.54 Å². The fourth-order valence-corrected chi connectivity index (χ4v) is 2.47. The molecule has 0 aromatic heterocycles. The van der Waals surface area contributed by atoms with E-state index in [0.717, 1.165) is 26.1 Å². The van der Waals surface area contributed by atoms with Crippen LogP contribution in [0.1, 0.15) is 38.5 Å².